The van der Waals surface area contributed by atoms with E-state index >= 15 is 0 Å². The molecule has 2 saturated heterocycles. The smallest absolute Gasteiger partial charge is 0.259 e. The van der Waals surface area contributed by atoms with E-state index < -0.39 is 0 Å². The second-order valence-corrected chi connectivity index (χ2v) is 10.5. The Morgan fingerprint density at radius 3 is 2.67 bits per heavy atom. The van der Waals surface area contributed by atoms with Gasteiger partial charge in [0.25, 0.3) is 11.5 Å². The fourth-order valence-electron chi connectivity index (χ4n) is 5.80. The molecule has 1 aliphatic carbocycles. The third-order valence-corrected chi connectivity index (χ3v) is 8.02. The highest BCUT2D eigenvalue weighted by atomic mass is 16.5. The first-order valence-electron chi connectivity index (χ1n) is 12.6. The zero-order valence-corrected chi connectivity index (χ0v) is 20.5. The molecule has 1 aromatic carbocycles. The molecule has 3 aliphatic rings. The number of nitrogens with zero attached hydrogens (tertiary/aromatic N) is 4. The molecule has 1 saturated carbocycles. The highest BCUT2D eigenvalue weighted by Crippen LogP contribution is 2.46. The summed E-state index contributed by atoms with van der Waals surface area (Å²) in [5.74, 6) is 0.0525. The largest absolute Gasteiger partial charge is 0.384 e. The third-order valence-electron chi connectivity index (χ3n) is 8.02. The van der Waals surface area contributed by atoms with Crippen molar-refractivity contribution in [3.05, 3.63) is 39.8 Å². The van der Waals surface area contributed by atoms with E-state index in [1.165, 1.54) is 12.8 Å². The molecule has 3 aromatic rings. The van der Waals surface area contributed by atoms with Gasteiger partial charge in [0, 0.05) is 62.8 Å². The van der Waals surface area contributed by atoms with Crippen molar-refractivity contribution in [1.29, 1.82) is 0 Å². The summed E-state index contributed by atoms with van der Waals surface area (Å²) in [6, 6.07) is 3.96. The van der Waals surface area contributed by atoms with Crippen LogP contribution in [0.5, 0.6) is 0 Å². The number of aromatic nitrogens is 3. The van der Waals surface area contributed by atoms with Crippen molar-refractivity contribution in [3.8, 4) is 0 Å². The van der Waals surface area contributed by atoms with E-state index in [0.717, 1.165) is 67.7 Å². The number of carbonyl (C=O) groups is 1. The lowest BCUT2D eigenvalue weighted by Crippen LogP contribution is -2.50. The van der Waals surface area contributed by atoms with E-state index in [1.54, 1.807) is 13.3 Å². The number of piperazine rings is 1. The highest BCUT2D eigenvalue weighted by molar-refractivity contribution is 6.07. The topological polar surface area (TPSA) is 92.7 Å². The molecule has 1 N–H and O–H groups in total. The minimum atomic E-state index is -0.158. The van der Waals surface area contributed by atoms with Crippen molar-refractivity contribution < 1.29 is 14.3 Å². The third kappa shape index (κ3) is 4.33. The summed E-state index contributed by atoms with van der Waals surface area (Å²) in [5.41, 5.74) is 3.24. The predicted octanol–water partition coefficient (Wildman–Crippen LogP) is 2.97. The number of carbonyl (C=O) groups excluding carboxylic acids is 1. The van der Waals surface area contributed by atoms with Crippen LogP contribution in [-0.4, -0.2) is 90.1 Å². The van der Waals surface area contributed by atoms with Crippen molar-refractivity contribution in [2.24, 2.45) is 5.41 Å². The Bertz CT molecular complexity index is 1330. The van der Waals surface area contributed by atoms with E-state index in [-0.39, 0.29) is 24.9 Å². The van der Waals surface area contributed by atoms with E-state index in [1.807, 2.05) is 28.6 Å². The van der Waals surface area contributed by atoms with Crippen LogP contribution in [0.2, 0.25) is 0 Å². The van der Waals surface area contributed by atoms with Gasteiger partial charge in [-0.3, -0.25) is 19.2 Å². The van der Waals surface area contributed by atoms with E-state index in [9.17, 15) is 9.59 Å². The van der Waals surface area contributed by atoms with Crippen LogP contribution in [0.4, 0.5) is 0 Å². The molecule has 2 aromatic heterocycles. The van der Waals surface area contributed by atoms with Gasteiger partial charge in [-0.05, 0) is 43.9 Å². The fourth-order valence-corrected chi connectivity index (χ4v) is 5.80. The summed E-state index contributed by atoms with van der Waals surface area (Å²) < 4.78 is 12.9. The average molecular weight is 496 g/mol. The number of aromatic amines is 1. The summed E-state index contributed by atoms with van der Waals surface area (Å²) in [6.07, 6.45) is 4.95. The Kier molecular flexibility index (Phi) is 6.65. The quantitative estimate of drug-likeness (QED) is 0.565. The number of H-pyrrole nitrogens is 1. The number of rotatable bonds is 6. The lowest BCUT2D eigenvalue weighted by molar-refractivity contribution is 0.0546. The Hall–Kier alpha value is -2.75. The molecule has 4 heterocycles. The van der Waals surface area contributed by atoms with Gasteiger partial charge in [0.1, 0.15) is 0 Å². The van der Waals surface area contributed by atoms with Crippen LogP contribution in [-0.2, 0) is 9.47 Å². The van der Waals surface area contributed by atoms with E-state index in [0.29, 0.717) is 29.6 Å². The lowest BCUT2D eigenvalue weighted by atomic mass is 10.0. The molecule has 194 valence electrons. The monoisotopic (exact) mass is 495 g/mol. The number of fused-ring (bicyclic) bond motifs is 3. The maximum atomic E-state index is 13.6. The van der Waals surface area contributed by atoms with Crippen molar-refractivity contribution >= 4 is 27.7 Å². The molecular weight excluding hydrogens is 458 g/mol. The van der Waals surface area contributed by atoms with Crippen molar-refractivity contribution in [2.45, 2.75) is 39.7 Å². The minimum Gasteiger partial charge on any atom is -0.384 e. The van der Waals surface area contributed by atoms with Gasteiger partial charge >= 0.3 is 0 Å². The standard InChI is InChI=1S/C26H33N5O4.CH4/c1-17-11-22-20(23-21(24(32)28-22)13-27-31(23)18-3-10-35-14-18)12-19(17)25(33)30-8-6-29(7-9-30)15-26(4-5-26)16-34-2;/h11-13,18H,3-10,14-16H2,1-2H3,(H,28,32);1H4/t18-;/m0./s1. The van der Waals surface area contributed by atoms with Crippen LogP contribution in [0.25, 0.3) is 21.8 Å². The number of benzene rings is 1. The Labute approximate surface area is 211 Å². The van der Waals surface area contributed by atoms with Crippen LogP contribution >= 0.6 is 0 Å². The molecule has 9 nitrogen and oxygen atoms in total. The fraction of sp³-hybridized carbons (Fsp3) is 0.593. The summed E-state index contributed by atoms with van der Waals surface area (Å²) in [5, 5.41) is 5.94. The van der Waals surface area contributed by atoms with Gasteiger partial charge in [-0.2, -0.15) is 5.10 Å². The molecule has 0 spiro atoms. The first-order chi connectivity index (χ1) is 17.0. The molecule has 36 heavy (non-hydrogen) atoms. The number of ether oxygens (including phenoxy) is 2. The Balaban J connectivity index is 0.00000267. The van der Waals surface area contributed by atoms with Crippen LogP contribution in [0.3, 0.4) is 0 Å². The molecule has 2 aliphatic heterocycles. The summed E-state index contributed by atoms with van der Waals surface area (Å²) in [6.45, 7) is 8.30. The van der Waals surface area contributed by atoms with Crippen LogP contribution in [0, 0.1) is 12.3 Å². The summed E-state index contributed by atoms with van der Waals surface area (Å²) in [7, 11) is 1.78. The second kappa shape index (κ2) is 9.61. The Morgan fingerprint density at radius 2 is 2.00 bits per heavy atom. The van der Waals surface area contributed by atoms with Gasteiger partial charge in [-0.1, -0.05) is 7.43 Å². The first-order valence-corrected chi connectivity index (χ1v) is 12.6. The van der Waals surface area contributed by atoms with Gasteiger partial charge in [0.15, 0.2) is 0 Å². The number of aryl methyl sites for hydroxylation is 1. The zero-order chi connectivity index (χ0) is 24.2. The van der Waals surface area contributed by atoms with Gasteiger partial charge in [0.2, 0.25) is 0 Å². The summed E-state index contributed by atoms with van der Waals surface area (Å²) >= 11 is 0. The SMILES string of the molecule is C.COCC1(CN2CCN(C(=O)c3cc4c(cc3C)[nH]c(=O)c3cnn([C@H]5CCOC5)c34)CC2)CC1. The van der Waals surface area contributed by atoms with Gasteiger partial charge in [-0.25, -0.2) is 0 Å². The number of nitrogens with one attached hydrogen (secondary N) is 1. The molecule has 0 unspecified atom stereocenters. The Morgan fingerprint density at radius 1 is 1.22 bits per heavy atom. The lowest BCUT2D eigenvalue weighted by Gasteiger charge is -2.36. The van der Waals surface area contributed by atoms with Crippen LogP contribution in [0.15, 0.2) is 23.1 Å². The maximum Gasteiger partial charge on any atom is 0.259 e. The zero-order valence-electron chi connectivity index (χ0n) is 20.5. The van der Waals surface area contributed by atoms with Gasteiger partial charge < -0.3 is 19.4 Å². The van der Waals surface area contributed by atoms with Crippen molar-refractivity contribution in [3.63, 3.8) is 0 Å². The normalized spacial score (nSPS) is 21.7. The number of hydrogen-bond donors (Lipinski definition) is 1. The molecule has 9 heteroatoms. The number of pyridine rings is 1. The van der Waals surface area contributed by atoms with Crippen molar-refractivity contribution in [1.82, 2.24) is 24.6 Å². The van der Waals surface area contributed by atoms with Crippen LogP contribution < -0.4 is 5.56 Å². The first kappa shape index (κ1) is 24.9. The maximum absolute atomic E-state index is 13.6. The van der Waals surface area contributed by atoms with E-state index in [4.69, 9.17) is 9.47 Å². The summed E-state index contributed by atoms with van der Waals surface area (Å²) in [4.78, 5) is 33.8. The second-order valence-electron chi connectivity index (χ2n) is 10.5. The average Bonchev–Trinajstić information content (AvgIpc) is 3.24. The minimum absolute atomic E-state index is 0. The molecule has 0 radical (unpaired) electrons. The number of methoxy groups -OCH3 is 1. The number of hydrogen-bond acceptors (Lipinski definition) is 6. The molecule has 0 bridgehead atoms. The predicted molar refractivity (Wildman–Crippen MR) is 140 cm³/mol. The molecular formula is C27H37N5O4. The van der Waals surface area contributed by atoms with Gasteiger partial charge in [-0.15, -0.1) is 0 Å². The van der Waals surface area contributed by atoms with Crippen LogP contribution in [0.1, 0.15) is 48.7 Å². The molecule has 3 fully saturated rings. The number of amides is 1. The highest BCUT2D eigenvalue weighted by Gasteiger charge is 2.44. The van der Waals surface area contributed by atoms with Crippen molar-refractivity contribution in [2.75, 3.05) is 59.7 Å². The van der Waals surface area contributed by atoms with Gasteiger partial charge in [0.05, 0.1) is 41.9 Å². The molecule has 1 atom stereocenters. The molecule has 6 rings (SSSR count). The van der Waals surface area contributed by atoms with E-state index in [2.05, 4.69) is 15.0 Å². The molecule has 1 amide bonds.